The molecule has 7 aromatic rings. The summed E-state index contributed by atoms with van der Waals surface area (Å²) in [5, 5.41) is 5.51. The highest BCUT2D eigenvalue weighted by molar-refractivity contribution is 5.97. The lowest BCUT2D eigenvalue weighted by Crippen LogP contribution is -2.40. The highest BCUT2D eigenvalue weighted by Gasteiger charge is 2.58. The van der Waals surface area contributed by atoms with E-state index in [9.17, 15) is 0 Å². The van der Waals surface area contributed by atoms with Gasteiger partial charge in [-0.05, 0) is 116 Å². The van der Waals surface area contributed by atoms with E-state index in [0.29, 0.717) is 11.8 Å². The minimum Gasteiger partial charge on any atom is -0.310 e. The Balaban J connectivity index is 0.00000191. The number of benzene rings is 6. The standard InChI is InChI=1S/C56H42N2.C2H6/c1-7-19-46-39(13-1)40-14-2-8-20-47(40)56(46)48-21-9-3-17-43(48)54-49(56)34-33-45-53(54)44-18-4-10-22-50(44)57-55(45)37-27-25-35(26-28-37)36-29-31-38(32-30-36)58-51-23-11-5-15-41(51)42-16-6-12-24-52(42)58;1-2/h1-5,7-15,17-21,23-34,39,46,50,55,57H,6,16,22H2;1-2H3. The van der Waals surface area contributed by atoms with E-state index in [-0.39, 0.29) is 17.5 Å². The van der Waals surface area contributed by atoms with Gasteiger partial charge in [0.05, 0.1) is 17.0 Å². The van der Waals surface area contributed by atoms with Gasteiger partial charge in [-0.1, -0.05) is 178 Å². The lowest BCUT2D eigenvalue weighted by Gasteiger charge is -2.39. The zero-order valence-corrected chi connectivity index (χ0v) is 34.3. The lowest BCUT2D eigenvalue weighted by atomic mass is 9.65. The SMILES string of the molecule is C1=CCC2NC(c3ccc(-c4ccc(-n5c6c(c7ccccc75)CCC=C6)cc4)cc3)c3ccc4c(c3C2=C1)-c1ccccc1C41c2ccccc2C2C=CC=CC21.CC. The maximum Gasteiger partial charge on any atom is 0.0587 e. The van der Waals surface area contributed by atoms with Crippen LogP contribution >= 0.6 is 0 Å². The van der Waals surface area contributed by atoms with E-state index < -0.39 is 0 Å². The van der Waals surface area contributed by atoms with Crippen molar-refractivity contribution in [2.24, 2.45) is 5.92 Å². The number of aryl methyl sites for hydroxylation is 1. The summed E-state index contributed by atoms with van der Waals surface area (Å²) in [5.41, 5.74) is 21.7. The van der Waals surface area contributed by atoms with E-state index in [4.69, 9.17) is 0 Å². The van der Waals surface area contributed by atoms with Crippen molar-refractivity contribution in [1.29, 1.82) is 0 Å². The molecule has 290 valence electrons. The van der Waals surface area contributed by atoms with Crippen molar-refractivity contribution in [3.05, 3.63) is 232 Å². The van der Waals surface area contributed by atoms with Gasteiger partial charge in [0.1, 0.15) is 0 Å². The third-order valence-corrected chi connectivity index (χ3v) is 14.3. The van der Waals surface area contributed by atoms with Crippen molar-refractivity contribution in [3.63, 3.8) is 0 Å². The van der Waals surface area contributed by atoms with Gasteiger partial charge in [-0.15, -0.1) is 0 Å². The summed E-state index contributed by atoms with van der Waals surface area (Å²) in [7, 11) is 0. The fourth-order valence-electron chi connectivity index (χ4n) is 12.0. The molecule has 1 aromatic heterocycles. The number of fused-ring (bicyclic) bond motifs is 17. The van der Waals surface area contributed by atoms with E-state index in [1.807, 2.05) is 13.8 Å². The number of nitrogens with one attached hydrogen (secondary N) is 1. The summed E-state index contributed by atoms with van der Waals surface area (Å²) in [4.78, 5) is 0. The van der Waals surface area contributed by atoms with Gasteiger partial charge in [0, 0.05) is 34.6 Å². The minimum absolute atomic E-state index is 0.0801. The fraction of sp³-hybridized carbons (Fsp3) is 0.172. The zero-order chi connectivity index (χ0) is 40.0. The van der Waals surface area contributed by atoms with E-state index >= 15 is 0 Å². The molecular formula is C58H48N2. The normalized spacial score (nSPS) is 23.1. The van der Waals surface area contributed by atoms with Crippen LogP contribution in [0.1, 0.15) is 88.9 Å². The predicted octanol–water partition coefficient (Wildman–Crippen LogP) is 13.8. The maximum absolute atomic E-state index is 4.14. The topological polar surface area (TPSA) is 17.0 Å². The highest BCUT2D eigenvalue weighted by Crippen LogP contribution is 2.66. The quantitative estimate of drug-likeness (QED) is 0.189. The third-order valence-electron chi connectivity index (χ3n) is 14.3. The molecule has 1 N–H and O–H groups in total. The van der Waals surface area contributed by atoms with Crippen LogP contribution in [0.5, 0.6) is 0 Å². The molecule has 5 atom stereocenters. The maximum atomic E-state index is 4.14. The molecule has 0 amide bonds. The summed E-state index contributed by atoms with van der Waals surface area (Å²) < 4.78 is 2.44. The summed E-state index contributed by atoms with van der Waals surface area (Å²) in [6, 6.07) is 51.3. The molecule has 5 aliphatic carbocycles. The molecule has 0 saturated carbocycles. The monoisotopic (exact) mass is 772 g/mol. The number of aromatic nitrogens is 1. The van der Waals surface area contributed by atoms with Crippen LogP contribution in [-0.2, 0) is 11.8 Å². The first-order chi connectivity index (χ1) is 29.8. The Kier molecular flexibility index (Phi) is 8.15. The third kappa shape index (κ3) is 4.86. The van der Waals surface area contributed by atoms with Gasteiger partial charge < -0.3 is 4.57 Å². The number of para-hydroxylation sites is 1. The molecule has 60 heavy (non-hydrogen) atoms. The zero-order valence-electron chi connectivity index (χ0n) is 34.3. The second kappa shape index (κ2) is 13.8. The Morgan fingerprint density at radius 3 is 2.25 bits per heavy atom. The molecule has 2 heteroatoms. The number of rotatable bonds is 3. The van der Waals surface area contributed by atoms with E-state index in [2.05, 4.69) is 198 Å². The molecule has 0 radical (unpaired) electrons. The number of allylic oxidation sites excluding steroid dienone is 7. The van der Waals surface area contributed by atoms with Crippen molar-refractivity contribution < 1.29 is 0 Å². The van der Waals surface area contributed by atoms with Gasteiger partial charge in [-0.2, -0.15) is 0 Å². The minimum atomic E-state index is -0.230. The number of nitrogens with zero attached hydrogens (tertiary/aromatic N) is 1. The molecule has 0 saturated heterocycles. The second-order valence-corrected chi connectivity index (χ2v) is 17.0. The largest absolute Gasteiger partial charge is 0.310 e. The van der Waals surface area contributed by atoms with Crippen molar-refractivity contribution in [2.45, 2.75) is 56.5 Å². The summed E-state index contributed by atoms with van der Waals surface area (Å²) in [6.45, 7) is 4.00. The molecule has 2 nitrogen and oxygen atoms in total. The molecule has 1 aliphatic heterocycles. The highest BCUT2D eigenvalue weighted by atomic mass is 15.0. The fourth-order valence-corrected chi connectivity index (χ4v) is 12.0. The van der Waals surface area contributed by atoms with Gasteiger partial charge in [-0.3, -0.25) is 5.32 Å². The van der Waals surface area contributed by atoms with E-state index in [0.717, 1.165) is 19.3 Å². The first-order valence-electron chi connectivity index (χ1n) is 22.1. The molecule has 2 heterocycles. The van der Waals surface area contributed by atoms with Crippen LogP contribution < -0.4 is 5.32 Å². The van der Waals surface area contributed by atoms with Crippen LogP contribution in [0.3, 0.4) is 0 Å². The summed E-state index contributed by atoms with van der Waals surface area (Å²) >= 11 is 0. The smallest absolute Gasteiger partial charge is 0.0587 e. The van der Waals surface area contributed by atoms with Gasteiger partial charge >= 0.3 is 0 Å². The second-order valence-electron chi connectivity index (χ2n) is 17.0. The predicted molar refractivity (Wildman–Crippen MR) is 251 cm³/mol. The molecule has 5 unspecified atom stereocenters. The van der Waals surface area contributed by atoms with Crippen molar-refractivity contribution in [2.75, 3.05) is 0 Å². The first kappa shape index (κ1) is 35.5. The Morgan fingerprint density at radius 1 is 0.633 bits per heavy atom. The average molecular weight is 773 g/mol. The van der Waals surface area contributed by atoms with Gasteiger partial charge in [-0.25, -0.2) is 0 Å². The lowest BCUT2D eigenvalue weighted by molar-refractivity contribution is 0.465. The average Bonchev–Trinajstić information content (AvgIpc) is 3.94. The first-order valence-corrected chi connectivity index (χ1v) is 22.1. The molecule has 0 fully saturated rings. The molecule has 13 rings (SSSR count). The molecule has 6 aromatic carbocycles. The molecular weight excluding hydrogens is 725 g/mol. The summed E-state index contributed by atoms with van der Waals surface area (Å²) in [5.74, 6) is 0.691. The Morgan fingerprint density at radius 2 is 1.38 bits per heavy atom. The van der Waals surface area contributed by atoms with Crippen LogP contribution in [0.15, 0.2) is 182 Å². The Labute approximate surface area is 353 Å². The number of hydrogen-bond donors (Lipinski definition) is 1. The Bertz CT molecular complexity index is 3020. The van der Waals surface area contributed by atoms with Crippen molar-refractivity contribution >= 4 is 22.6 Å². The van der Waals surface area contributed by atoms with Crippen LogP contribution in [0.4, 0.5) is 0 Å². The van der Waals surface area contributed by atoms with Crippen LogP contribution in [0.2, 0.25) is 0 Å². The van der Waals surface area contributed by atoms with Crippen molar-refractivity contribution in [3.8, 4) is 27.9 Å². The Hall–Kier alpha value is -6.48. The van der Waals surface area contributed by atoms with E-state index in [1.54, 1.807) is 0 Å². The van der Waals surface area contributed by atoms with E-state index in [1.165, 1.54) is 94.6 Å². The van der Waals surface area contributed by atoms with Gasteiger partial charge in [0.25, 0.3) is 0 Å². The molecule has 0 bridgehead atoms. The van der Waals surface area contributed by atoms with Crippen LogP contribution in [-0.4, -0.2) is 10.6 Å². The van der Waals surface area contributed by atoms with Crippen LogP contribution in [0.25, 0.3) is 50.5 Å². The number of hydrogen-bond acceptors (Lipinski definition) is 1. The van der Waals surface area contributed by atoms with Crippen LogP contribution in [0, 0.1) is 5.92 Å². The van der Waals surface area contributed by atoms with Crippen molar-refractivity contribution in [1.82, 2.24) is 9.88 Å². The molecule has 6 aliphatic rings. The molecule has 1 spiro atoms. The van der Waals surface area contributed by atoms with Gasteiger partial charge in [0.15, 0.2) is 0 Å². The van der Waals surface area contributed by atoms with Gasteiger partial charge in [0.2, 0.25) is 0 Å². The summed E-state index contributed by atoms with van der Waals surface area (Å²) in [6.07, 6.45) is 24.3.